The molecule has 0 aliphatic heterocycles. The lowest BCUT2D eigenvalue weighted by Crippen LogP contribution is -2.63. The highest BCUT2D eigenvalue weighted by atomic mass is 16.3. The first-order valence-corrected chi connectivity index (χ1v) is 10.0. The number of hydrogen-bond donors (Lipinski definition) is 3. The van der Waals surface area contributed by atoms with Gasteiger partial charge in [-0.1, -0.05) is 25.5 Å². The summed E-state index contributed by atoms with van der Waals surface area (Å²) in [5.74, 6) is 1.25. The summed E-state index contributed by atoms with van der Waals surface area (Å²) in [7, 11) is 0. The fraction of sp³-hybridized carbons (Fsp3) is 0.905. The molecule has 4 fully saturated rings. The van der Waals surface area contributed by atoms with Crippen molar-refractivity contribution in [3.05, 3.63) is 11.6 Å². The van der Waals surface area contributed by atoms with Crippen LogP contribution >= 0.6 is 0 Å². The summed E-state index contributed by atoms with van der Waals surface area (Å²) in [5, 5.41) is 32.1. The summed E-state index contributed by atoms with van der Waals surface area (Å²) in [6, 6.07) is 0. The monoisotopic (exact) mass is 334 g/mol. The Kier molecular flexibility index (Phi) is 3.95. The third-order valence-electron chi connectivity index (χ3n) is 8.92. The molecule has 0 saturated heterocycles. The van der Waals surface area contributed by atoms with Gasteiger partial charge in [0.2, 0.25) is 0 Å². The lowest BCUT2D eigenvalue weighted by molar-refractivity contribution is -0.217. The van der Waals surface area contributed by atoms with E-state index in [-0.39, 0.29) is 28.8 Å². The summed E-state index contributed by atoms with van der Waals surface area (Å²) in [5.41, 5.74) is 1.86. The molecule has 3 nitrogen and oxygen atoms in total. The number of rotatable bonds is 0. The molecule has 0 heterocycles. The van der Waals surface area contributed by atoms with E-state index in [0.29, 0.717) is 18.3 Å². The number of aliphatic hydroxyl groups is 3. The first kappa shape index (κ1) is 17.1. The fourth-order valence-electron chi connectivity index (χ4n) is 7.56. The molecule has 4 unspecified atom stereocenters. The molecule has 0 bridgehead atoms. The molecule has 3 heteroatoms. The Labute approximate surface area is 146 Å². The smallest absolute Gasteiger partial charge is 0.0836 e. The maximum absolute atomic E-state index is 11.1. The van der Waals surface area contributed by atoms with Crippen LogP contribution in [0.3, 0.4) is 0 Å². The average molecular weight is 334 g/mol. The van der Waals surface area contributed by atoms with E-state index >= 15 is 0 Å². The molecule has 4 rings (SSSR count). The highest BCUT2D eigenvalue weighted by molar-refractivity contribution is 5.25. The molecular formula is C21H34O3. The number of hydrogen-bond acceptors (Lipinski definition) is 3. The molecule has 0 spiro atoms. The number of aliphatic hydroxyl groups excluding tert-OH is 3. The van der Waals surface area contributed by atoms with Crippen molar-refractivity contribution in [1.82, 2.24) is 0 Å². The Morgan fingerprint density at radius 2 is 1.67 bits per heavy atom. The quantitative estimate of drug-likeness (QED) is 0.596. The lowest BCUT2D eigenvalue weighted by Gasteiger charge is -2.63. The van der Waals surface area contributed by atoms with Crippen molar-refractivity contribution in [1.29, 1.82) is 0 Å². The van der Waals surface area contributed by atoms with Crippen molar-refractivity contribution >= 4 is 0 Å². The maximum Gasteiger partial charge on any atom is 0.0836 e. The van der Waals surface area contributed by atoms with Crippen LogP contribution in [-0.4, -0.2) is 33.6 Å². The minimum Gasteiger partial charge on any atom is -0.393 e. The van der Waals surface area contributed by atoms with Gasteiger partial charge >= 0.3 is 0 Å². The van der Waals surface area contributed by atoms with Crippen LogP contribution in [0.4, 0.5) is 0 Å². The first-order chi connectivity index (χ1) is 11.3. The Morgan fingerprint density at radius 3 is 2.38 bits per heavy atom. The molecule has 4 aliphatic carbocycles. The normalized spacial score (nSPS) is 58.9. The van der Waals surface area contributed by atoms with E-state index in [1.165, 1.54) is 6.42 Å². The summed E-state index contributed by atoms with van der Waals surface area (Å²) in [6.45, 7) is 6.89. The van der Waals surface area contributed by atoms with E-state index in [2.05, 4.69) is 26.8 Å². The highest BCUT2D eigenvalue weighted by Crippen LogP contribution is 2.67. The first-order valence-electron chi connectivity index (χ1n) is 10.0. The Morgan fingerprint density at radius 1 is 0.917 bits per heavy atom. The molecule has 24 heavy (non-hydrogen) atoms. The van der Waals surface area contributed by atoms with Crippen LogP contribution in [0.5, 0.6) is 0 Å². The van der Waals surface area contributed by atoms with E-state index < -0.39 is 12.2 Å². The van der Waals surface area contributed by atoms with Crippen LogP contribution in [0.25, 0.3) is 0 Å². The molecule has 4 saturated carbocycles. The van der Waals surface area contributed by atoms with Gasteiger partial charge in [0.15, 0.2) is 0 Å². The minimum atomic E-state index is -0.678. The van der Waals surface area contributed by atoms with Gasteiger partial charge in [0.05, 0.1) is 18.3 Å². The summed E-state index contributed by atoms with van der Waals surface area (Å²) in [4.78, 5) is 0. The Balaban J connectivity index is 1.73. The van der Waals surface area contributed by atoms with Crippen molar-refractivity contribution < 1.29 is 15.3 Å². The second kappa shape index (κ2) is 5.56. The minimum absolute atomic E-state index is 0.0458. The standard InChI is InChI=1S/C21H34O3/c1-4-12-5-6-14-17-15(8-10-20(12,14)2)21(3)9-7-13(22)11-16(21)18(23)19(17)24/h4,13-19,22-24H,5-11H2,1-3H3/b12-4-/t13-,14?,15?,16?,17?,18-,19-,20-,21-/m1/s1. The number of allylic oxidation sites excluding steroid dienone is 2. The molecule has 0 aromatic rings. The van der Waals surface area contributed by atoms with Crippen molar-refractivity contribution in [3.8, 4) is 0 Å². The largest absolute Gasteiger partial charge is 0.393 e. The number of fused-ring (bicyclic) bond motifs is 5. The van der Waals surface area contributed by atoms with Crippen LogP contribution in [0.15, 0.2) is 11.6 Å². The van der Waals surface area contributed by atoms with Gasteiger partial charge in [-0.25, -0.2) is 0 Å². The summed E-state index contributed by atoms with van der Waals surface area (Å²) < 4.78 is 0. The Hall–Kier alpha value is -0.380. The maximum atomic E-state index is 11.1. The fourth-order valence-corrected chi connectivity index (χ4v) is 7.56. The van der Waals surface area contributed by atoms with Gasteiger partial charge in [-0.15, -0.1) is 0 Å². The average Bonchev–Trinajstić information content (AvgIpc) is 2.90. The van der Waals surface area contributed by atoms with E-state index in [4.69, 9.17) is 0 Å². The van der Waals surface area contributed by atoms with Crippen LogP contribution in [0, 0.1) is 34.5 Å². The SMILES string of the molecule is C/C=C1/CCC2C3C(CC[C@]12C)[C@@]1(C)CC[C@@H](O)CC1[C@@H](O)[C@@H]3O. The second-order valence-corrected chi connectivity index (χ2v) is 9.62. The van der Waals surface area contributed by atoms with E-state index in [1.54, 1.807) is 5.57 Å². The molecule has 0 amide bonds. The van der Waals surface area contributed by atoms with E-state index in [1.807, 2.05) is 0 Å². The van der Waals surface area contributed by atoms with Gasteiger partial charge in [0.1, 0.15) is 0 Å². The van der Waals surface area contributed by atoms with Crippen molar-refractivity contribution in [2.75, 3.05) is 0 Å². The van der Waals surface area contributed by atoms with Crippen molar-refractivity contribution in [2.45, 2.75) is 84.0 Å². The predicted molar refractivity (Wildman–Crippen MR) is 94.3 cm³/mol. The molecule has 0 aromatic heterocycles. The van der Waals surface area contributed by atoms with Crippen LogP contribution in [-0.2, 0) is 0 Å². The molecule has 136 valence electrons. The third kappa shape index (κ3) is 2.07. The van der Waals surface area contributed by atoms with E-state index in [9.17, 15) is 15.3 Å². The second-order valence-electron chi connectivity index (χ2n) is 9.62. The summed E-state index contributed by atoms with van der Waals surface area (Å²) in [6.07, 6.45) is 7.86. The van der Waals surface area contributed by atoms with Gasteiger partial charge in [-0.3, -0.25) is 0 Å². The molecule has 4 aliphatic rings. The zero-order valence-corrected chi connectivity index (χ0v) is 15.4. The van der Waals surface area contributed by atoms with Crippen LogP contribution in [0.1, 0.15) is 65.7 Å². The van der Waals surface area contributed by atoms with E-state index in [0.717, 1.165) is 32.1 Å². The van der Waals surface area contributed by atoms with Gasteiger partial charge in [0.25, 0.3) is 0 Å². The zero-order chi connectivity index (χ0) is 17.3. The predicted octanol–water partition coefficient (Wildman–Crippen LogP) is 3.28. The molecule has 9 atom stereocenters. The molecule has 0 aromatic carbocycles. The van der Waals surface area contributed by atoms with Crippen LogP contribution in [0.2, 0.25) is 0 Å². The molecule has 0 radical (unpaired) electrons. The van der Waals surface area contributed by atoms with Gasteiger partial charge in [-0.05, 0) is 86.4 Å². The van der Waals surface area contributed by atoms with Crippen molar-refractivity contribution in [2.24, 2.45) is 34.5 Å². The summed E-state index contributed by atoms with van der Waals surface area (Å²) >= 11 is 0. The van der Waals surface area contributed by atoms with Gasteiger partial charge in [0, 0.05) is 0 Å². The zero-order valence-electron chi connectivity index (χ0n) is 15.4. The topological polar surface area (TPSA) is 60.7 Å². The van der Waals surface area contributed by atoms with Gasteiger partial charge in [-0.2, -0.15) is 0 Å². The lowest BCUT2D eigenvalue weighted by atomic mass is 9.43. The van der Waals surface area contributed by atoms with Gasteiger partial charge < -0.3 is 15.3 Å². The third-order valence-corrected chi connectivity index (χ3v) is 8.92. The van der Waals surface area contributed by atoms with Crippen molar-refractivity contribution in [3.63, 3.8) is 0 Å². The van der Waals surface area contributed by atoms with Crippen LogP contribution < -0.4 is 0 Å². The Bertz CT molecular complexity index is 543. The molecule has 3 N–H and O–H groups in total. The molecular weight excluding hydrogens is 300 g/mol. The highest BCUT2D eigenvalue weighted by Gasteiger charge is 2.63.